The first-order valence-corrected chi connectivity index (χ1v) is 4.35. The van der Waals surface area contributed by atoms with Crippen LogP contribution >= 0.6 is 0 Å². The zero-order valence-corrected chi connectivity index (χ0v) is 8.38. The van der Waals surface area contributed by atoms with E-state index in [4.69, 9.17) is 5.73 Å². The van der Waals surface area contributed by atoms with Gasteiger partial charge in [-0.2, -0.15) is 8.78 Å². The third-order valence-corrected chi connectivity index (χ3v) is 1.75. The lowest BCUT2D eigenvalue weighted by atomic mass is 10.3. The van der Waals surface area contributed by atoms with Crippen molar-refractivity contribution in [3.05, 3.63) is 17.8 Å². The average molecular weight is 238 g/mol. The minimum Gasteiger partial charge on any atom is -0.470 e. The lowest BCUT2D eigenvalue weighted by Gasteiger charge is -2.16. The second kappa shape index (κ2) is 4.54. The third-order valence-electron chi connectivity index (χ3n) is 1.75. The van der Waals surface area contributed by atoms with Gasteiger partial charge in [-0.15, -0.1) is 0 Å². The Morgan fingerprint density at radius 3 is 2.62 bits per heavy atom. The fourth-order valence-electron chi connectivity index (χ4n) is 0.887. The number of nitrogen functional groups attached to an aromatic ring is 1. The number of alkyl halides is 4. The van der Waals surface area contributed by atoms with Gasteiger partial charge in [-0.05, 0) is 19.1 Å². The molecule has 2 N–H and O–H groups in total. The predicted octanol–water partition coefficient (Wildman–Crippen LogP) is 2.25. The van der Waals surface area contributed by atoms with Crippen LogP contribution in [0.25, 0.3) is 0 Å². The maximum atomic E-state index is 12.5. The number of hydrogen-bond acceptors (Lipinski definition) is 3. The fraction of sp³-hybridized carbons (Fsp3) is 0.444. The van der Waals surface area contributed by atoms with Crippen molar-refractivity contribution in [2.45, 2.75) is 19.3 Å². The van der Waals surface area contributed by atoms with Crippen molar-refractivity contribution in [2.24, 2.45) is 0 Å². The quantitative estimate of drug-likeness (QED) is 0.818. The van der Waals surface area contributed by atoms with Crippen LogP contribution in [-0.2, 0) is 0 Å². The van der Waals surface area contributed by atoms with Crippen molar-refractivity contribution >= 4 is 5.69 Å². The lowest BCUT2D eigenvalue weighted by Crippen LogP contribution is -2.34. The molecule has 3 nitrogen and oxygen atoms in total. The summed E-state index contributed by atoms with van der Waals surface area (Å²) in [6.07, 6.45) is -3.78. The zero-order valence-electron chi connectivity index (χ0n) is 8.38. The summed E-state index contributed by atoms with van der Waals surface area (Å²) in [7, 11) is 0. The Labute approximate surface area is 89.2 Å². The molecule has 0 unspecified atom stereocenters. The van der Waals surface area contributed by atoms with Gasteiger partial charge in [0.25, 0.3) is 0 Å². The molecule has 0 spiro atoms. The highest BCUT2D eigenvalue weighted by Gasteiger charge is 2.42. The summed E-state index contributed by atoms with van der Waals surface area (Å²) >= 11 is 0. The summed E-state index contributed by atoms with van der Waals surface area (Å²) in [4.78, 5) is 3.71. The van der Waals surface area contributed by atoms with Crippen LogP contribution in [0.1, 0.15) is 5.69 Å². The number of aryl methyl sites for hydroxylation is 1. The molecular weight excluding hydrogens is 228 g/mol. The van der Waals surface area contributed by atoms with Gasteiger partial charge in [-0.3, -0.25) is 0 Å². The summed E-state index contributed by atoms with van der Waals surface area (Å²) < 4.78 is 53.1. The molecule has 0 aromatic carbocycles. The van der Waals surface area contributed by atoms with E-state index < -0.39 is 19.0 Å². The van der Waals surface area contributed by atoms with Gasteiger partial charge in [-0.25, -0.2) is 13.8 Å². The molecule has 0 fully saturated rings. The van der Waals surface area contributed by atoms with E-state index in [1.54, 1.807) is 13.0 Å². The van der Waals surface area contributed by atoms with Crippen LogP contribution in [-0.4, -0.2) is 23.9 Å². The van der Waals surface area contributed by atoms with E-state index in [-0.39, 0.29) is 11.6 Å². The van der Waals surface area contributed by atoms with Crippen LogP contribution in [0, 0.1) is 6.92 Å². The average Bonchev–Trinajstić information content (AvgIpc) is 2.19. The zero-order chi connectivity index (χ0) is 12.3. The van der Waals surface area contributed by atoms with Crippen LogP contribution in [0.5, 0.6) is 5.88 Å². The molecule has 0 aliphatic rings. The van der Waals surface area contributed by atoms with Crippen molar-refractivity contribution in [2.75, 3.05) is 12.3 Å². The Morgan fingerprint density at radius 1 is 1.44 bits per heavy atom. The van der Waals surface area contributed by atoms with Crippen molar-refractivity contribution in [1.29, 1.82) is 0 Å². The van der Waals surface area contributed by atoms with Gasteiger partial charge in [0, 0.05) is 5.69 Å². The highest BCUT2D eigenvalue weighted by molar-refractivity contribution is 5.48. The SMILES string of the molecule is Cc1ccc(N)c(OCC(F)(F)C(F)F)n1. The van der Waals surface area contributed by atoms with Crippen molar-refractivity contribution in [3.8, 4) is 5.88 Å². The minimum atomic E-state index is -4.21. The van der Waals surface area contributed by atoms with Crippen LogP contribution < -0.4 is 10.5 Å². The van der Waals surface area contributed by atoms with E-state index in [0.29, 0.717) is 5.69 Å². The molecule has 0 saturated heterocycles. The molecule has 1 aromatic heterocycles. The van der Waals surface area contributed by atoms with E-state index in [9.17, 15) is 17.6 Å². The van der Waals surface area contributed by atoms with Crippen LogP contribution in [0.2, 0.25) is 0 Å². The molecule has 0 aliphatic carbocycles. The van der Waals surface area contributed by atoms with Gasteiger partial charge >= 0.3 is 12.3 Å². The van der Waals surface area contributed by atoms with Gasteiger partial charge in [0.2, 0.25) is 5.88 Å². The van der Waals surface area contributed by atoms with E-state index in [1.807, 2.05) is 0 Å². The van der Waals surface area contributed by atoms with Crippen LogP contribution in [0.3, 0.4) is 0 Å². The smallest absolute Gasteiger partial charge is 0.340 e. The summed E-state index contributed by atoms with van der Waals surface area (Å²) in [6.45, 7) is 0.142. The Bertz CT molecular complexity index is 371. The minimum absolute atomic E-state index is 0.0238. The topological polar surface area (TPSA) is 48.1 Å². The predicted molar refractivity (Wildman–Crippen MR) is 49.8 cm³/mol. The Balaban J connectivity index is 2.71. The monoisotopic (exact) mass is 238 g/mol. The summed E-state index contributed by atoms with van der Waals surface area (Å²) in [5.74, 6) is -4.47. The Morgan fingerprint density at radius 2 is 2.06 bits per heavy atom. The van der Waals surface area contributed by atoms with Crippen molar-refractivity contribution < 1.29 is 22.3 Å². The number of ether oxygens (including phenoxy) is 1. The number of pyridine rings is 1. The third kappa shape index (κ3) is 2.98. The number of nitrogens with zero attached hydrogens (tertiary/aromatic N) is 1. The molecule has 1 heterocycles. The van der Waals surface area contributed by atoms with E-state index in [0.717, 1.165) is 0 Å². The molecule has 0 bridgehead atoms. The maximum absolute atomic E-state index is 12.5. The number of rotatable bonds is 4. The summed E-state index contributed by atoms with van der Waals surface area (Å²) in [5, 5.41) is 0. The standard InChI is InChI=1S/C9H10F4N2O/c1-5-2-3-6(14)7(15-5)16-4-9(12,13)8(10)11/h2-3,8H,4,14H2,1H3. The summed E-state index contributed by atoms with van der Waals surface area (Å²) in [6, 6.07) is 2.95. The molecule has 0 saturated carbocycles. The molecular formula is C9H10F4N2O. The molecule has 7 heteroatoms. The number of nitrogens with two attached hydrogens (primary N) is 1. The normalized spacial score (nSPS) is 11.9. The number of aromatic nitrogens is 1. The molecule has 16 heavy (non-hydrogen) atoms. The first kappa shape index (κ1) is 12.5. The van der Waals surface area contributed by atoms with Crippen LogP contribution in [0.15, 0.2) is 12.1 Å². The van der Waals surface area contributed by atoms with E-state index in [2.05, 4.69) is 9.72 Å². The number of hydrogen-bond donors (Lipinski definition) is 1. The van der Waals surface area contributed by atoms with Gasteiger partial charge in [0.1, 0.15) is 0 Å². The highest BCUT2D eigenvalue weighted by Crippen LogP contribution is 2.25. The van der Waals surface area contributed by atoms with Gasteiger partial charge in [0.05, 0.1) is 5.69 Å². The molecule has 0 aliphatic heterocycles. The van der Waals surface area contributed by atoms with Gasteiger partial charge < -0.3 is 10.5 Å². The second-order valence-electron chi connectivity index (χ2n) is 3.20. The lowest BCUT2D eigenvalue weighted by molar-refractivity contribution is -0.148. The molecule has 0 amide bonds. The molecule has 0 atom stereocenters. The van der Waals surface area contributed by atoms with Crippen molar-refractivity contribution in [3.63, 3.8) is 0 Å². The first-order chi connectivity index (χ1) is 7.33. The van der Waals surface area contributed by atoms with Gasteiger partial charge in [-0.1, -0.05) is 0 Å². The van der Waals surface area contributed by atoms with Crippen LogP contribution in [0.4, 0.5) is 23.2 Å². The van der Waals surface area contributed by atoms with Gasteiger partial charge in [0.15, 0.2) is 6.61 Å². The van der Waals surface area contributed by atoms with E-state index in [1.165, 1.54) is 6.07 Å². The molecule has 1 aromatic rings. The summed E-state index contributed by atoms with van der Waals surface area (Å²) in [5.41, 5.74) is 5.89. The highest BCUT2D eigenvalue weighted by atomic mass is 19.3. The maximum Gasteiger partial charge on any atom is 0.340 e. The van der Waals surface area contributed by atoms with E-state index >= 15 is 0 Å². The fourth-order valence-corrected chi connectivity index (χ4v) is 0.887. The largest absolute Gasteiger partial charge is 0.470 e. The molecule has 0 radical (unpaired) electrons. The second-order valence-corrected chi connectivity index (χ2v) is 3.20. The Hall–Kier alpha value is -1.53. The Kier molecular flexibility index (Phi) is 3.56. The van der Waals surface area contributed by atoms with Crippen molar-refractivity contribution in [1.82, 2.24) is 4.98 Å². The first-order valence-electron chi connectivity index (χ1n) is 4.35. The number of anilines is 1. The molecule has 1 rings (SSSR count). The molecule has 90 valence electrons. The number of halogens is 4.